The number of aromatic nitrogens is 1. The third kappa shape index (κ3) is 3.84. The van der Waals surface area contributed by atoms with E-state index in [9.17, 15) is 22.8 Å². The number of hydrogen-bond acceptors (Lipinski definition) is 3. The number of halogens is 3. The van der Waals surface area contributed by atoms with Crippen LogP contribution in [0.15, 0.2) is 54.7 Å². The molecule has 0 radical (unpaired) electrons. The number of hydrogen-bond donors (Lipinski definition) is 1. The fraction of sp³-hybridized carbons (Fsp3) is 0.208. The zero-order chi connectivity index (χ0) is 23.0. The molecule has 5 nitrogen and oxygen atoms in total. The first kappa shape index (κ1) is 21.5. The van der Waals surface area contributed by atoms with Gasteiger partial charge in [0.25, 0.3) is 5.91 Å². The topological polar surface area (TPSA) is 62.3 Å². The number of amides is 2. The van der Waals surface area contributed by atoms with E-state index in [1.165, 1.54) is 0 Å². The molecule has 2 aromatic carbocycles. The predicted octanol–water partition coefficient (Wildman–Crippen LogP) is 4.25. The summed E-state index contributed by atoms with van der Waals surface area (Å²) in [6.45, 7) is 3.42. The van der Waals surface area contributed by atoms with Crippen molar-refractivity contribution in [1.82, 2.24) is 10.3 Å². The largest absolute Gasteiger partial charge is 0.348 e. The van der Waals surface area contributed by atoms with Gasteiger partial charge in [0.15, 0.2) is 0 Å². The Bertz CT molecular complexity index is 1190. The van der Waals surface area contributed by atoms with Gasteiger partial charge in [-0.1, -0.05) is 12.1 Å². The Labute approximate surface area is 182 Å². The number of carbonyl (C=O) groups is 2. The summed E-state index contributed by atoms with van der Waals surface area (Å²) in [5.41, 5.74) is 1.06. The summed E-state index contributed by atoms with van der Waals surface area (Å²) >= 11 is 0. The van der Waals surface area contributed by atoms with Crippen molar-refractivity contribution < 1.29 is 22.8 Å². The van der Waals surface area contributed by atoms with Crippen molar-refractivity contribution in [2.75, 3.05) is 4.90 Å². The summed E-state index contributed by atoms with van der Waals surface area (Å²) in [7, 11) is 0. The van der Waals surface area contributed by atoms with E-state index in [1.54, 1.807) is 41.4 Å². The first-order chi connectivity index (χ1) is 15.2. The van der Waals surface area contributed by atoms with Crippen LogP contribution in [0.2, 0.25) is 0 Å². The highest BCUT2D eigenvalue weighted by Crippen LogP contribution is 2.42. The first-order valence-electron chi connectivity index (χ1n) is 9.96. The first-order valence-corrected chi connectivity index (χ1v) is 9.96. The maximum atomic E-state index is 13.8. The van der Waals surface area contributed by atoms with E-state index in [2.05, 4.69) is 10.3 Å². The number of nitrogens with one attached hydrogen (secondary N) is 1. The van der Waals surface area contributed by atoms with Crippen molar-refractivity contribution in [2.24, 2.45) is 0 Å². The SMILES string of the molecule is CC1(C)C(=O)N(Cc2ccccn2)c2cc(C(=O)NCc3c(F)cc(F)cc3F)ccc21. The minimum Gasteiger partial charge on any atom is -0.348 e. The molecule has 8 heteroatoms. The van der Waals surface area contributed by atoms with Crippen LogP contribution in [0.5, 0.6) is 0 Å². The molecule has 0 spiro atoms. The average Bonchev–Trinajstić information content (AvgIpc) is 2.94. The molecule has 0 unspecified atom stereocenters. The normalized spacial score (nSPS) is 14.4. The fourth-order valence-corrected chi connectivity index (χ4v) is 3.81. The van der Waals surface area contributed by atoms with Crippen LogP contribution in [0, 0.1) is 17.5 Å². The monoisotopic (exact) mass is 439 g/mol. The summed E-state index contributed by atoms with van der Waals surface area (Å²) in [6, 6.07) is 11.4. The van der Waals surface area contributed by atoms with Gasteiger partial charge in [-0.2, -0.15) is 0 Å². The Balaban J connectivity index is 1.60. The highest BCUT2D eigenvalue weighted by Gasteiger charge is 2.44. The van der Waals surface area contributed by atoms with Gasteiger partial charge in [-0.05, 0) is 43.7 Å². The predicted molar refractivity (Wildman–Crippen MR) is 112 cm³/mol. The molecule has 1 aliphatic rings. The lowest BCUT2D eigenvalue weighted by atomic mass is 9.86. The standard InChI is InChI=1S/C24H20F3N3O2/c1-24(2)18-7-6-14(22(31)29-12-17-19(26)10-15(25)11-20(17)27)9-21(18)30(23(24)32)13-16-5-3-4-8-28-16/h3-11H,12-13H2,1-2H3,(H,29,31). The van der Waals surface area contributed by atoms with Crippen molar-refractivity contribution in [1.29, 1.82) is 0 Å². The molecule has 0 bridgehead atoms. The van der Waals surface area contributed by atoms with Crippen molar-refractivity contribution >= 4 is 17.5 Å². The number of pyridine rings is 1. The van der Waals surface area contributed by atoms with Crippen LogP contribution in [0.1, 0.15) is 41.0 Å². The van der Waals surface area contributed by atoms with E-state index in [0.29, 0.717) is 23.5 Å². The van der Waals surface area contributed by atoms with Gasteiger partial charge in [0.05, 0.1) is 17.7 Å². The van der Waals surface area contributed by atoms with Crippen LogP contribution in [0.25, 0.3) is 0 Å². The zero-order valence-corrected chi connectivity index (χ0v) is 17.5. The Morgan fingerprint density at radius 2 is 1.78 bits per heavy atom. The maximum absolute atomic E-state index is 13.8. The Morgan fingerprint density at radius 1 is 1.06 bits per heavy atom. The number of anilines is 1. The molecule has 32 heavy (non-hydrogen) atoms. The highest BCUT2D eigenvalue weighted by atomic mass is 19.1. The average molecular weight is 439 g/mol. The lowest BCUT2D eigenvalue weighted by molar-refractivity contribution is -0.122. The summed E-state index contributed by atoms with van der Waals surface area (Å²) in [5, 5.41) is 2.45. The molecule has 1 aliphatic heterocycles. The number of nitrogens with zero attached hydrogens (tertiary/aromatic N) is 2. The third-order valence-corrected chi connectivity index (χ3v) is 5.58. The number of benzene rings is 2. The van der Waals surface area contributed by atoms with Crippen molar-refractivity contribution in [3.05, 3.63) is 94.6 Å². The molecule has 164 valence electrons. The molecule has 0 saturated heterocycles. The zero-order valence-electron chi connectivity index (χ0n) is 17.5. The highest BCUT2D eigenvalue weighted by molar-refractivity contribution is 6.08. The molecule has 1 aromatic heterocycles. The summed E-state index contributed by atoms with van der Waals surface area (Å²) in [6.07, 6.45) is 1.64. The van der Waals surface area contributed by atoms with Crippen LogP contribution in [-0.4, -0.2) is 16.8 Å². The van der Waals surface area contributed by atoms with Gasteiger partial charge >= 0.3 is 0 Å². The van der Waals surface area contributed by atoms with Gasteiger partial charge in [-0.25, -0.2) is 13.2 Å². The van der Waals surface area contributed by atoms with E-state index in [4.69, 9.17) is 0 Å². The van der Waals surface area contributed by atoms with E-state index in [-0.39, 0.29) is 18.0 Å². The Morgan fingerprint density at radius 3 is 2.44 bits per heavy atom. The second kappa shape index (κ2) is 8.11. The molecular formula is C24H20F3N3O2. The van der Waals surface area contributed by atoms with E-state index in [1.807, 2.05) is 19.9 Å². The van der Waals surface area contributed by atoms with Crippen LogP contribution >= 0.6 is 0 Å². The second-order valence-electron chi connectivity index (χ2n) is 8.10. The summed E-state index contributed by atoms with van der Waals surface area (Å²) in [4.78, 5) is 31.6. The molecule has 0 fully saturated rings. The molecule has 0 atom stereocenters. The van der Waals surface area contributed by atoms with Gasteiger partial charge in [-0.3, -0.25) is 14.6 Å². The van der Waals surface area contributed by atoms with Crippen LogP contribution < -0.4 is 10.2 Å². The van der Waals surface area contributed by atoms with E-state index in [0.717, 1.165) is 5.56 Å². The van der Waals surface area contributed by atoms with Gasteiger partial charge < -0.3 is 10.2 Å². The molecule has 4 rings (SSSR count). The summed E-state index contributed by atoms with van der Waals surface area (Å²) < 4.78 is 40.8. The van der Waals surface area contributed by atoms with Gasteiger partial charge in [0.1, 0.15) is 17.5 Å². The van der Waals surface area contributed by atoms with Crippen molar-refractivity contribution in [3.63, 3.8) is 0 Å². The van der Waals surface area contributed by atoms with Crippen molar-refractivity contribution in [2.45, 2.75) is 32.4 Å². The maximum Gasteiger partial charge on any atom is 0.251 e. The minimum absolute atomic E-state index is 0.119. The molecule has 2 heterocycles. The molecule has 1 N–H and O–H groups in total. The summed E-state index contributed by atoms with van der Waals surface area (Å²) in [5.74, 6) is -3.89. The minimum atomic E-state index is -1.08. The molecular weight excluding hydrogens is 419 g/mol. The molecule has 0 aliphatic carbocycles. The third-order valence-electron chi connectivity index (χ3n) is 5.58. The smallest absolute Gasteiger partial charge is 0.251 e. The molecule has 3 aromatic rings. The van der Waals surface area contributed by atoms with Crippen LogP contribution in [-0.2, 0) is 23.3 Å². The molecule has 2 amide bonds. The lowest BCUT2D eigenvalue weighted by Crippen LogP contribution is -2.35. The van der Waals surface area contributed by atoms with Crippen LogP contribution in [0.3, 0.4) is 0 Å². The second-order valence-corrected chi connectivity index (χ2v) is 8.10. The quantitative estimate of drug-likeness (QED) is 0.647. The lowest BCUT2D eigenvalue weighted by Gasteiger charge is -2.20. The van der Waals surface area contributed by atoms with E-state index >= 15 is 0 Å². The van der Waals surface area contributed by atoms with Gasteiger partial charge in [-0.15, -0.1) is 0 Å². The molecule has 0 saturated carbocycles. The number of rotatable bonds is 5. The Hall–Kier alpha value is -3.68. The number of carbonyl (C=O) groups excluding carboxylic acids is 2. The van der Waals surface area contributed by atoms with Gasteiger partial charge in [0, 0.05) is 41.7 Å². The van der Waals surface area contributed by atoms with Crippen molar-refractivity contribution in [3.8, 4) is 0 Å². The Kier molecular flexibility index (Phi) is 5.46. The fourth-order valence-electron chi connectivity index (χ4n) is 3.81. The van der Waals surface area contributed by atoms with Gasteiger partial charge in [0.2, 0.25) is 5.91 Å². The number of fused-ring (bicyclic) bond motifs is 1. The van der Waals surface area contributed by atoms with Crippen LogP contribution in [0.4, 0.5) is 18.9 Å². The van der Waals surface area contributed by atoms with E-state index < -0.39 is 40.9 Å².